The molecule has 2 aromatic heterocycles. The number of aromatic nitrogens is 3. The van der Waals surface area contributed by atoms with E-state index < -0.39 is 57.1 Å². The molecule has 0 saturated heterocycles. The molecular weight excluding hydrogens is 611 g/mol. The van der Waals surface area contributed by atoms with Gasteiger partial charge in [-0.05, 0) is 53.8 Å². The number of nitrogens with zero attached hydrogens (tertiary/aromatic N) is 3. The van der Waals surface area contributed by atoms with Crippen LogP contribution in [-0.4, -0.2) is 46.2 Å². The second-order valence-corrected chi connectivity index (χ2v) is 13.8. The van der Waals surface area contributed by atoms with Gasteiger partial charge in [-0.2, -0.15) is 0 Å². The Morgan fingerprint density at radius 3 is 2.61 bits per heavy atom. The van der Waals surface area contributed by atoms with Crippen LogP contribution >= 0.6 is 11.6 Å². The van der Waals surface area contributed by atoms with Crippen molar-refractivity contribution in [1.82, 2.24) is 14.1 Å². The molecule has 0 bridgehead atoms. The van der Waals surface area contributed by atoms with Crippen molar-refractivity contribution in [1.29, 1.82) is 0 Å². The Labute approximate surface area is 256 Å². The zero-order valence-corrected chi connectivity index (χ0v) is 25.0. The van der Waals surface area contributed by atoms with Gasteiger partial charge < -0.3 is 5.32 Å². The van der Waals surface area contributed by atoms with Crippen LogP contribution in [0.3, 0.4) is 0 Å². The van der Waals surface area contributed by atoms with E-state index in [-0.39, 0.29) is 28.4 Å². The molecule has 6 rings (SSSR count). The van der Waals surface area contributed by atoms with Gasteiger partial charge in [0.05, 0.1) is 27.4 Å². The highest BCUT2D eigenvalue weighted by Crippen LogP contribution is 2.46. The van der Waals surface area contributed by atoms with E-state index >= 15 is 0 Å². The molecule has 0 fully saturated rings. The van der Waals surface area contributed by atoms with Crippen molar-refractivity contribution in [2.45, 2.75) is 37.8 Å². The van der Waals surface area contributed by atoms with Crippen molar-refractivity contribution >= 4 is 38.8 Å². The normalized spacial score (nSPS) is 17.1. The van der Waals surface area contributed by atoms with Crippen LogP contribution in [0, 0.1) is 5.82 Å². The number of rotatable bonds is 7. The summed E-state index contributed by atoms with van der Waals surface area (Å²) < 4.78 is 39.5. The van der Waals surface area contributed by atoms with Crippen LogP contribution in [0.2, 0.25) is 5.02 Å². The number of carbonyl (C=O) groups excluding carboxylic acids is 2. The first kappa shape index (κ1) is 29.6. The number of benzene rings is 2. The number of Topliss-reactive ketones (excluding diaryl/α,β-unsaturated/α-hetero) is 1. The lowest BCUT2D eigenvalue weighted by molar-refractivity contribution is -0.122. The van der Waals surface area contributed by atoms with Gasteiger partial charge in [0.15, 0.2) is 0 Å². The fourth-order valence-corrected chi connectivity index (χ4v) is 6.84. The molecule has 10 nitrogen and oxygen atoms in total. The summed E-state index contributed by atoms with van der Waals surface area (Å²) in [7, 11) is -3.56. The smallest absolute Gasteiger partial charge is 0.325 e. The number of fused-ring (bicyclic) bond motifs is 3. The number of pyridine rings is 1. The second-order valence-electron chi connectivity index (χ2n) is 11.2. The minimum Gasteiger partial charge on any atom is -0.325 e. The molecule has 44 heavy (non-hydrogen) atoms. The number of nitrogens with one attached hydrogen (secondary N) is 1. The van der Waals surface area contributed by atoms with Gasteiger partial charge in [-0.3, -0.25) is 28.5 Å². The van der Waals surface area contributed by atoms with Crippen LogP contribution in [-0.2, 0) is 57.2 Å². The van der Waals surface area contributed by atoms with E-state index in [2.05, 4.69) is 10.3 Å². The summed E-state index contributed by atoms with van der Waals surface area (Å²) in [6.45, 7) is -1.00. The predicted octanol–water partition coefficient (Wildman–Crippen LogP) is 2.71. The lowest BCUT2D eigenvalue weighted by Gasteiger charge is -2.22. The lowest BCUT2D eigenvalue weighted by Crippen LogP contribution is -2.43. The molecule has 0 saturated carbocycles. The van der Waals surface area contributed by atoms with Crippen molar-refractivity contribution in [2.24, 2.45) is 0 Å². The molecule has 1 atom stereocenters. The third-order valence-corrected chi connectivity index (χ3v) is 9.53. The van der Waals surface area contributed by atoms with Gasteiger partial charge in [-0.15, -0.1) is 0 Å². The predicted molar refractivity (Wildman–Crippen MR) is 162 cm³/mol. The molecule has 2 aliphatic rings. The van der Waals surface area contributed by atoms with Crippen LogP contribution in [0.5, 0.6) is 0 Å². The molecule has 4 aromatic rings. The number of amides is 1. The number of carbonyl (C=O) groups is 2. The van der Waals surface area contributed by atoms with Crippen LogP contribution in [0.25, 0.3) is 11.1 Å². The van der Waals surface area contributed by atoms with Gasteiger partial charge >= 0.3 is 5.69 Å². The van der Waals surface area contributed by atoms with E-state index in [1.807, 2.05) is 18.2 Å². The Balaban J connectivity index is 1.29. The molecule has 0 unspecified atom stereocenters. The van der Waals surface area contributed by atoms with Crippen LogP contribution < -0.4 is 16.6 Å². The first-order valence-corrected chi connectivity index (χ1v) is 16.2. The Bertz CT molecular complexity index is 2110. The van der Waals surface area contributed by atoms with Crippen LogP contribution in [0.1, 0.15) is 22.4 Å². The third kappa shape index (κ3) is 5.28. The SMILES string of the molecule is CS(=O)(=O)CCn1c(=O)c(-c2cccc(F)c2Cl)cn(CC(=O)Nc2ccc3c(c2)C[C@@]2(C3)C(=O)Cc3ncccc32)c1=O. The summed E-state index contributed by atoms with van der Waals surface area (Å²) in [5, 5.41) is 2.40. The van der Waals surface area contributed by atoms with Crippen molar-refractivity contribution in [3.05, 3.63) is 115 Å². The molecule has 0 aliphatic heterocycles. The molecule has 13 heteroatoms. The molecule has 2 aromatic carbocycles. The largest absolute Gasteiger partial charge is 0.331 e. The maximum absolute atomic E-state index is 14.2. The Hall–Kier alpha value is -4.42. The fourth-order valence-electron chi connectivity index (χ4n) is 6.10. The zero-order valence-electron chi connectivity index (χ0n) is 23.5. The van der Waals surface area contributed by atoms with Gasteiger partial charge in [0.2, 0.25) is 5.91 Å². The number of anilines is 1. The van der Waals surface area contributed by atoms with E-state index in [1.165, 1.54) is 12.1 Å². The maximum atomic E-state index is 14.2. The zero-order chi connectivity index (χ0) is 31.4. The highest BCUT2D eigenvalue weighted by molar-refractivity contribution is 7.90. The summed E-state index contributed by atoms with van der Waals surface area (Å²) in [4.78, 5) is 57.2. The molecule has 1 N–H and O–H groups in total. The third-order valence-electron chi connectivity index (χ3n) is 8.22. The molecule has 2 heterocycles. The summed E-state index contributed by atoms with van der Waals surface area (Å²) in [6.07, 6.45) is 5.08. The van der Waals surface area contributed by atoms with Gasteiger partial charge in [0.25, 0.3) is 5.56 Å². The lowest BCUT2D eigenvalue weighted by atomic mass is 9.78. The second kappa shape index (κ2) is 10.9. The molecular formula is C31H26ClFN4O6S. The number of halogens is 2. The minimum atomic E-state index is -3.56. The minimum absolute atomic E-state index is 0.00952. The number of hydrogen-bond acceptors (Lipinski definition) is 7. The first-order valence-electron chi connectivity index (χ1n) is 13.7. The van der Waals surface area contributed by atoms with Crippen molar-refractivity contribution in [2.75, 3.05) is 17.3 Å². The number of sulfone groups is 1. The Kier molecular flexibility index (Phi) is 7.37. The average Bonchev–Trinajstić information content (AvgIpc) is 3.48. The average molecular weight is 637 g/mol. The summed E-state index contributed by atoms with van der Waals surface area (Å²) in [5.74, 6) is -1.78. The van der Waals surface area contributed by atoms with Gasteiger partial charge in [-0.25, -0.2) is 17.6 Å². The summed E-state index contributed by atoms with van der Waals surface area (Å²) >= 11 is 6.12. The summed E-state index contributed by atoms with van der Waals surface area (Å²) in [5.41, 5.74) is 1.47. The van der Waals surface area contributed by atoms with Crippen molar-refractivity contribution < 1.29 is 22.4 Å². The van der Waals surface area contributed by atoms with E-state index in [0.717, 1.165) is 45.5 Å². The van der Waals surface area contributed by atoms with E-state index in [1.54, 1.807) is 18.3 Å². The highest BCUT2D eigenvalue weighted by atomic mass is 35.5. The highest BCUT2D eigenvalue weighted by Gasteiger charge is 2.50. The standard InChI is InChI=1S/C31H26ClFN4O6S/c1-44(42,43)11-10-37-29(40)22(21-4-2-6-24(33)28(21)32)16-36(30(37)41)17-27(39)35-20-8-7-18-14-31(15-19(18)12-20)23-5-3-9-34-25(23)13-26(31)38/h2-9,12,16H,10-11,13-15,17H2,1H3,(H,35,39)/t31-/m1/s1. The monoisotopic (exact) mass is 636 g/mol. The Morgan fingerprint density at radius 1 is 1.07 bits per heavy atom. The molecule has 1 spiro atoms. The molecule has 2 aliphatic carbocycles. The van der Waals surface area contributed by atoms with Gasteiger partial charge in [0.1, 0.15) is 28.0 Å². The maximum Gasteiger partial charge on any atom is 0.331 e. The molecule has 0 radical (unpaired) electrons. The number of hydrogen-bond donors (Lipinski definition) is 1. The van der Waals surface area contributed by atoms with Crippen molar-refractivity contribution in [3.63, 3.8) is 0 Å². The van der Waals surface area contributed by atoms with Gasteiger partial charge in [-0.1, -0.05) is 35.9 Å². The molecule has 226 valence electrons. The number of ketones is 1. The summed E-state index contributed by atoms with van der Waals surface area (Å²) in [6, 6.07) is 13.0. The van der Waals surface area contributed by atoms with Crippen LogP contribution in [0.4, 0.5) is 10.1 Å². The van der Waals surface area contributed by atoms with E-state index in [4.69, 9.17) is 11.6 Å². The van der Waals surface area contributed by atoms with Gasteiger partial charge in [0, 0.05) is 42.9 Å². The van der Waals surface area contributed by atoms with Crippen molar-refractivity contribution in [3.8, 4) is 11.1 Å². The van der Waals surface area contributed by atoms with E-state index in [9.17, 15) is 32.0 Å². The molecule has 1 amide bonds. The fraction of sp³-hybridized carbons (Fsp3) is 0.258. The van der Waals surface area contributed by atoms with E-state index in [0.29, 0.717) is 23.1 Å². The topological polar surface area (TPSA) is 137 Å². The first-order chi connectivity index (χ1) is 20.9. The van der Waals surface area contributed by atoms with Crippen LogP contribution in [0.15, 0.2) is 70.5 Å². The quantitative estimate of drug-likeness (QED) is 0.329. The Morgan fingerprint density at radius 2 is 1.84 bits per heavy atom.